The van der Waals surface area contributed by atoms with Crippen molar-refractivity contribution < 1.29 is 0 Å². The van der Waals surface area contributed by atoms with Crippen molar-refractivity contribution in [1.82, 2.24) is 4.98 Å². The van der Waals surface area contributed by atoms with Gasteiger partial charge in [0.2, 0.25) is 0 Å². The van der Waals surface area contributed by atoms with Crippen LogP contribution in [0.15, 0.2) is 21.8 Å². The lowest BCUT2D eigenvalue weighted by Crippen LogP contribution is -1.92. The Balaban J connectivity index is 3.01. The Kier molecular flexibility index (Phi) is 2.59. The van der Waals surface area contributed by atoms with Crippen LogP contribution in [0.3, 0.4) is 0 Å². The van der Waals surface area contributed by atoms with Gasteiger partial charge in [-0.3, -0.25) is 10.4 Å². The summed E-state index contributed by atoms with van der Waals surface area (Å²) in [5.74, 6) is 0. The first-order valence-corrected chi connectivity index (χ1v) is 3.87. The second-order valence-corrected chi connectivity index (χ2v) is 2.97. The van der Waals surface area contributed by atoms with Crippen molar-refractivity contribution in [3.63, 3.8) is 0 Å². The summed E-state index contributed by atoms with van der Waals surface area (Å²) in [7, 11) is 0. The number of nitrogens with zero attached hydrogens (tertiary/aromatic N) is 2. The summed E-state index contributed by atoms with van der Waals surface area (Å²) >= 11 is 3.30. The summed E-state index contributed by atoms with van der Waals surface area (Å²) < 4.78 is 0.925. The summed E-state index contributed by atoms with van der Waals surface area (Å²) in [6, 6.07) is 1.90. The number of halogens is 1. The van der Waals surface area contributed by atoms with Crippen molar-refractivity contribution in [2.45, 2.75) is 6.92 Å². The first-order valence-electron chi connectivity index (χ1n) is 3.08. The average molecular weight is 214 g/mol. The Morgan fingerprint density at radius 1 is 1.73 bits per heavy atom. The lowest BCUT2D eigenvalue weighted by Gasteiger charge is -2.02. The van der Waals surface area contributed by atoms with Crippen LogP contribution in [0, 0.1) is 6.92 Å². The van der Waals surface area contributed by atoms with Gasteiger partial charge < -0.3 is 0 Å². The third kappa shape index (κ3) is 2.01. The molecule has 0 saturated carbocycles. The smallest absolute Gasteiger partial charge is 0.0785 e. The number of hydrogen-bond donors (Lipinski definition) is 1. The number of aromatic nitrogens is 1. The molecule has 58 valence electrons. The van der Waals surface area contributed by atoms with Crippen molar-refractivity contribution in [3.8, 4) is 0 Å². The summed E-state index contributed by atoms with van der Waals surface area (Å²) in [5.41, 5.74) is 4.51. The van der Waals surface area contributed by atoms with Crippen molar-refractivity contribution in [3.05, 3.63) is 22.4 Å². The van der Waals surface area contributed by atoms with Crippen LogP contribution in [-0.2, 0) is 0 Å². The standard InChI is InChI=1S/C7H8BrN3/c1-5-7(11-9-2)3-6(8)4-10-5/h3-4,11H,2H2,1H3. The normalized spacial score (nSPS) is 9.27. The maximum atomic E-state index is 4.10. The van der Waals surface area contributed by atoms with Crippen molar-refractivity contribution in [1.29, 1.82) is 0 Å². The van der Waals surface area contributed by atoms with E-state index >= 15 is 0 Å². The zero-order valence-corrected chi connectivity index (χ0v) is 7.72. The first kappa shape index (κ1) is 8.20. The van der Waals surface area contributed by atoms with E-state index in [0.29, 0.717) is 0 Å². The van der Waals surface area contributed by atoms with Crippen molar-refractivity contribution in [2.24, 2.45) is 5.10 Å². The Morgan fingerprint density at radius 3 is 3.09 bits per heavy atom. The number of rotatable bonds is 2. The van der Waals surface area contributed by atoms with Gasteiger partial charge in [0.15, 0.2) is 0 Å². The Labute approximate surface area is 73.7 Å². The number of nitrogens with one attached hydrogen (secondary N) is 1. The molecular formula is C7H8BrN3. The predicted molar refractivity (Wildman–Crippen MR) is 49.8 cm³/mol. The summed E-state index contributed by atoms with van der Waals surface area (Å²) in [4.78, 5) is 4.10. The molecule has 0 fully saturated rings. The van der Waals surface area contributed by atoms with Crippen LogP contribution in [0.4, 0.5) is 5.69 Å². The minimum Gasteiger partial charge on any atom is -0.277 e. The van der Waals surface area contributed by atoms with Crippen LogP contribution < -0.4 is 5.43 Å². The van der Waals surface area contributed by atoms with E-state index in [2.05, 4.69) is 38.2 Å². The zero-order chi connectivity index (χ0) is 8.27. The number of anilines is 1. The van der Waals surface area contributed by atoms with E-state index in [9.17, 15) is 0 Å². The van der Waals surface area contributed by atoms with E-state index in [1.54, 1.807) is 6.20 Å². The highest BCUT2D eigenvalue weighted by molar-refractivity contribution is 9.10. The molecule has 11 heavy (non-hydrogen) atoms. The summed E-state index contributed by atoms with van der Waals surface area (Å²) in [6.07, 6.45) is 1.74. The molecule has 1 heterocycles. The lowest BCUT2D eigenvalue weighted by molar-refractivity contribution is 1.17. The monoisotopic (exact) mass is 213 g/mol. The van der Waals surface area contributed by atoms with E-state index in [0.717, 1.165) is 15.9 Å². The van der Waals surface area contributed by atoms with Gasteiger partial charge in [-0.2, -0.15) is 5.10 Å². The second kappa shape index (κ2) is 3.48. The van der Waals surface area contributed by atoms with Crippen LogP contribution >= 0.6 is 15.9 Å². The quantitative estimate of drug-likeness (QED) is 0.605. The molecule has 0 atom stereocenters. The SMILES string of the molecule is C=NNc1cc(Br)cnc1C. The first-order chi connectivity index (χ1) is 5.24. The Morgan fingerprint density at radius 2 is 2.45 bits per heavy atom. The van der Waals surface area contributed by atoms with Gasteiger partial charge in [0.25, 0.3) is 0 Å². The largest absolute Gasteiger partial charge is 0.277 e. The topological polar surface area (TPSA) is 37.3 Å². The number of hydrogen-bond acceptors (Lipinski definition) is 3. The molecule has 0 aliphatic heterocycles. The molecule has 0 aliphatic carbocycles. The third-order valence-electron chi connectivity index (χ3n) is 1.25. The van der Waals surface area contributed by atoms with E-state index in [4.69, 9.17) is 0 Å². The molecule has 3 nitrogen and oxygen atoms in total. The minimum atomic E-state index is 0.870. The molecule has 1 aromatic heterocycles. The highest BCUT2D eigenvalue weighted by Crippen LogP contribution is 2.17. The molecule has 0 saturated heterocycles. The molecule has 1 rings (SSSR count). The molecule has 4 heteroatoms. The van der Waals surface area contributed by atoms with Gasteiger partial charge in [-0.15, -0.1) is 0 Å². The molecule has 0 aliphatic rings. The number of hydrazone groups is 1. The molecule has 1 N–H and O–H groups in total. The predicted octanol–water partition coefficient (Wildman–Crippen LogP) is 2.18. The molecule has 0 radical (unpaired) electrons. The van der Waals surface area contributed by atoms with Crippen molar-refractivity contribution in [2.75, 3.05) is 5.43 Å². The second-order valence-electron chi connectivity index (χ2n) is 2.06. The fourth-order valence-corrected chi connectivity index (χ4v) is 1.04. The molecule has 0 aromatic carbocycles. The zero-order valence-electron chi connectivity index (χ0n) is 6.13. The molecule has 0 amide bonds. The van der Waals surface area contributed by atoms with Gasteiger partial charge in [-0.1, -0.05) is 0 Å². The molecule has 0 spiro atoms. The highest BCUT2D eigenvalue weighted by atomic mass is 79.9. The van der Waals surface area contributed by atoms with Crippen LogP contribution in [0.5, 0.6) is 0 Å². The molecular weight excluding hydrogens is 206 g/mol. The summed E-state index contributed by atoms with van der Waals surface area (Å²) in [5, 5.41) is 3.55. The minimum absolute atomic E-state index is 0.870. The fourth-order valence-electron chi connectivity index (χ4n) is 0.706. The Hall–Kier alpha value is -0.900. The molecule has 1 aromatic rings. The molecule has 0 unspecified atom stereocenters. The van der Waals surface area contributed by atoms with Gasteiger partial charge >= 0.3 is 0 Å². The van der Waals surface area contributed by atoms with Crippen LogP contribution in [0.1, 0.15) is 5.69 Å². The van der Waals surface area contributed by atoms with E-state index in [1.165, 1.54) is 0 Å². The fraction of sp³-hybridized carbons (Fsp3) is 0.143. The Bertz CT molecular complexity index is 272. The van der Waals surface area contributed by atoms with Crippen LogP contribution in [0.2, 0.25) is 0 Å². The van der Waals surface area contributed by atoms with Gasteiger partial charge in [0.1, 0.15) is 0 Å². The number of pyridine rings is 1. The van der Waals surface area contributed by atoms with Gasteiger partial charge in [0.05, 0.1) is 11.4 Å². The van der Waals surface area contributed by atoms with Crippen molar-refractivity contribution >= 4 is 28.3 Å². The van der Waals surface area contributed by atoms with E-state index in [-0.39, 0.29) is 0 Å². The maximum Gasteiger partial charge on any atom is 0.0785 e. The number of aryl methyl sites for hydroxylation is 1. The van der Waals surface area contributed by atoms with Gasteiger partial charge in [-0.05, 0) is 28.9 Å². The average Bonchev–Trinajstić information content (AvgIpc) is 1.98. The van der Waals surface area contributed by atoms with Crippen LogP contribution in [-0.4, -0.2) is 11.7 Å². The molecule has 0 bridgehead atoms. The lowest BCUT2D eigenvalue weighted by atomic mass is 10.3. The van der Waals surface area contributed by atoms with Gasteiger partial charge in [0, 0.05) is 17.4 Å². The van der Waals surface area contributed by atoms with E-state index in [1.807, 2.05) is 13.0 Å². The third-order valence-corrected chi connectivity index (χ3v) is 1.69. The highest BCUT2D eigenvalue weighted by Gasteiger charge is 1.97. The summed E-state index contributed by atoms with van der Waals surface area (Å²) in [6.45, 7) is 5.23. The maximum absolute atomic E-state index is 4.10. The van der Waals surface area contributed by atoms with Crippen LogP contribution in [0.25, 0.3) is 0 Å². The van der Waals surface area contributed by atoms with E-state index < -0.39 is 0 Å². The van der Waals surface area contributed by atoms with Gasteiger partial charge in [-0.25, -0.2) is 0 Å².